The van der Waals surface area contributed by atoms with Crippen LogP contribution in [-0.2, 0) is 9.53 Å². The van der Waals surface area contributed by atoms with Crippen LogP contribution in [0.5, 0.6) is 0 Å². The fraction of sp³-hybridized carbons (Fsp3) is 0.444. The van der Waals surface area contributed by atoms with Crippen molar-refractivity contribution in [2.24, 2.45) is 0 Å². The molecule has 1 heterocycles. The molecule has 0 fully saturated rings. The Morgan fingerprint density at radius 3 is 1.91 bits per heavy atom. The molecule has 0 aromatic rings. The summed E-state index contributed by atoms with van der Waals surface area (Å²) in [7, 11) is 0. The van der Waals surface area contributed by atoms with Gasteiger partial charge in [-0.1, -0.05) is 0 Å². The Hall–Kier alpha value is -1.05. The molecule has 0 N–H and O–H groups in total. The van der Waals surface area contributed by atoms with Gasteiger partial charge in [0.25, 0.3) is 0 Å². The molecule has 0 aromatic carbocycles. The van der Waals surface area contributed by atoms with Crippen LogP contribution in [0.15, 0.2) is 22.5 Å². The molecule has 0 bridgehead atoms. The minimum atomic E-state index is -0.210. The highest BCUT2D eigenvalue weighted by Crippen LogP contribution is 2.27. The van der Waals surface area contributed by atoms with Crippen LogP contribution in [0.25, 0.3) is 0 Å². The van der Waals surface area contributed by atoms with Crippen LogP contribution in [0.3, 0.4) is 0 Å². The van der Waals surface area contributed by atoms with Crippen molar-refractivity contribution in [1.29, 1.82) is 0 Å². The maximum absolute atomic E-state index is 11.0. The summed E-state index contributed by atoms with van der Waals surface area (Å²) in [4.78, 5) is 11.0. The summed E-state index contributed by atoms with van der Waals surface area (Å²) < 4.78 is 5.01. The average Bonchev–Trinajstić information content (AvgIpc) is 2.17. The largest absolute Gasteiger partial charge is 0.423 e. The van der Waals surface area contributed by atoms with E-state index in [1.54, 1.807) is 6.92 Å². The van der Waals surface area contributed by atoms with Gasteiger partial charge in [-0.15, -0.1) is 0 Å². The van der Waals surface area contributed by atoms with Gasteiger partial charge in [-0.05, 0) is 33.3 Å². The first-order chi connectivity index (χ1) is 5.04. The second-order valence-corrected chi connectivity index (χ2v) is 2.97. The molecule has 60 valence electrons. The van der Waals surface area contributed by atoms with Crippen molar-refractivity contribution in [1.82, 2.24) is 0 Å². The molecular formula is C9H12O2. The fourth-order valence-corrected chi connectivity index (χ4v) is 1.05. The minimum absolute atomic E-state index is 0.210. The molecule has 2 heteroatoms. The Labute approximate surface area is 66.5 Å². The molecule has 0 atom stereocenters. The molecular weight excluding hydrogens is 140 g/mol. The van der Waals surface area contributed by atoms with E-state index in [0.717, 1.165) is 22.5 Å². The first-order valence-electron chi connectivity index (χ1n) is 3.61. The van der Waals surface area contributed by atoms with E-state index in [1.807, 2.05) is 20.8 Å². The highest BCUT2D eigenvalue weighted by atomic mass is 16.5. The van der Waals surface area contributed by atoms with Crippen molar-refractivity contribution >= 4 is 5.97 Å². The predicted octanol–water partition coefficient (Wildman–Crippen LogP) is 2.17. The average molecular weight is 152 g/mol. The maximum atomic E-state index is 11.0. The van der Waals surface area contributed by atoms with Gasteiger partial charge in [-0.2, -0.15) is 0 Å². The minimum Gasteiger partial charge on any atom is -0.423 e. The molecule has 0 spiro atoms. The normalized spacial score (nSPS) is 17.5. The number of carbonyl (C=O) groups is 1. The lowest BCUT2D eigenvalue weighted by Gasteiger charge is -1.99. The lowest BCUT2D eigenvalue weighted by molar-refractivity contribution is -0.133. The van der Waals surface area contributed by atoms with Crippen molar-refractivity contribution in [3.05, 3.63) is 22.5 Å². The van der Waals surface area contributed by atoms with Gasteiger partial charge in [0.1, 0.15) is 5.76 Å². The Morgan fingerprint density at radius 2 is 1.73 bits per heavy atom. The predicted molar refractivity (Wildman–Crippen MR) is 42.8 cm³/mol. The van der Waals surface area contributed by atoms with Crippen molar-refractivity contribution in [3.8, 4) is 0 Å². The van der Waals surface area contributed by atoms with Gasteiger partial charge < -0.3 is 4.74 Å². The molecule has 11 heavy (non-hydrogen) atoms. The van der Waals surface area contributed by atoms with Gasteiger partial charge in [0.15, 0.2) is 0 Å². The lowest BCUT2D eigenvalue weighted by Crippen LogP contribution is -1.95. The fourth-order valence-electron chi connectivity index (χ4n) is 1.05. The van der Waals surface area contributed by atoms with Gasteiger partial charge >= 0.3 is 5.97 Å². The highest BCUT2D eigenvalue weighted by Gasteiger charge is 2.23. The SMILES string of the molecule is CC(C)=C1OC(=O)C(C)=C1C. The van der Waals surface area contributed by atoms with Gasteiger partial charge in [0.05, 0.1) is 0 Å². The number of cyclic esters (lactones) is 1. The van der Waals surface area contributed by atoms with Crippen LogP contribution in [0.1, 0.15) is 27.7 Å². The van der Waals surface area contributed by atoms with Crippen LogP contribution in [0.4, 0.5) is 0 Å². The molecule has 1 rings (SSSR count). The Kier molecular flexibility index (Phi) is 1.85. The second-order valence-electron chi connectivity index (χ2n) is 2.97. The van der Waals surface area contributed by atoms with Crippen molar-refractivity contribution < 1.29 is 9.53 Å². The Morgan fingerprint density at radius 1 is 1.18 bits per heavy atom. The topological polar surface area (TPSA) is 26.3 Å². The molecule has 0 amide bonds. The summed E-state index contributed by atoms with van der Waals surface area (Å²) >= 11 is 0. The van der Waals surface area contributed by atoms with Crippen LogP contribution in [0, 0.1) is 0 Å². The van der Waals surface area contributed by atoms with Crippen molar-refractivity contribution in [2.45, 2.75) is 27.7 Å². The monoisotopic (exact) mass is 152 g/mol. The van der Waals surface area contributed by atoms with E-state index in [-0.39, 0.29) is 5.97 Å². The number of hydrogen-bond donors (Lipinski definition) is 0. The van der Waals surface area contributed by atoms with Crippen molar-refractivity contribution in [3.63, 3.8) is 0 Å². The smallest absolute Gasteiger partial charge is 0.339 e. The van der Waals surface area contributed by atoms with E-state index < -0.39 is 0 Å². The van der Waals surface area contributed by atoms with E-state index in [0.29, 0.717) is 0 Å². The quantitative estimate of drug-likeness (QED) is 0.497. The summed E-state index contributed by atoms with van der Waals surface area (Å²) in [5, 5.41) is 0. The number of rotatable bonds is 0. The molecule has 0 saturated heterocycles. The van der Waals surface area contributed by atoms with Crippen LogP contribution >= 0.6 is 0 Å². The zero-order valence-electron chi connectivity index (χ0n) is 7.32. The summed E-state index contributed by atoms with van der Waals surface area (Å²) in [6, 6.07) is 0. The number of carbonyl (C=O) groups excluding carboxylic acids is 1. The van der Waals surface area contributed by atoms with Gasteiger partial charge in [0, 0.05) is 11.1 Å². The second kappa shape index (κ2) is 2.53. The number of esters is 1. The van der Waals surface area contributed by atoms with Gasteiger partial charge in [0.2, 0.25) is 0 Å². The first-order valence-corrected chi connectivity index (χ1v) is 3.61. The third-order valence-corrected chi connectivity index (χ3v) is 1.86. The highest BCUT2D eigenvalue weighted by molar-refractivity contribution is 5.93. The van der Waals surface area contributed by atoms with Gasteiger partial charge in [-0.25, -0.2) is 4.79 Å². The maximum Gasteiger partial charge on any atom is 0.339 e. The zero-order valence-corrected chi connectivity index (χ0v) is 7.32. The molecule has 0 unspecified atom stereocenters. The first kappa shape index (κ1) is 8.05. The molecule has 0 saturated carbocycles. The van der Waals surface area contributed by atoms with E-state index >= 15 is 0 Å². The molecule has 1 aliphatic heterocycles. The molecule has 0 aliphatic carbocycles. The summed E-state index contributed by atoms with van der Waals surface area (Å²) in [5.41, 5.74) is 2.74. The summed E-state index contributed by atoms with van der Waals surface area (Å²) in [6.45, 7) is 7.56. The van der Waals surface area contributed by atoms with Crippen molar-refractivity contribution in [2.75, 3.05) is 0 Å². The number of allylic oxidation sites excluding steroid dienone is 2. The van der Waals surface area contributed by atoms with E-state index in [9.17, 15) is 4.79 Å². The number of ether oxygens (including phenoxy) is 1. The lowest BCUT2D eigenvalue weighted by atomic mass is 10.1. The van der Waals surface area contributed by atoms with E-state index in [2.05, 4.69) is 0 Å². The molecule has 2 nitrogen and oxygen atoms in total. The molecule has 1 aliphatic rings. The molecule has 0 radical (unpaired) electrons. The van der Waals surface area contributed by atoms with Crippen LogP contribution in [0.2, 0.25) is 0 Å². The van der Waals surface area contributed by atoms with E-state index in [4.69, 9.17) is 4.74 Å². The third-order valence-electron chi connectivity index (χ3n) is 1.86. The summed E-state index contributed by atoms with van der Waals surface area (Å²) in [5.74, 6) is 0.534. The van der Waals surface area contributed by atoms with E-state index in [1.165, 1.54) is 0 Å². The molecule has 0 aromatic heterocycles. The third kappa shape index (κ3) is 1.20. The van der Waals surface area contributed by atoms with Gasteiger partial charge in [-0.3, -0.25) is 0 Å². The number of hydrogen-bond acceptors (Lipinski definition) is 2. The Balaban J connectivity index is 3.15. The zero-order chi connectivity index (χ0) is 8.59. The standard InChI is InChI=1S/C9H12O2/c1-5(2)8-6(3)7(4)9(10)11-8/h1-4H3. The van der Waals surface area contributed by atoms with Crippen LogP contribution in [-0.4, -0.2) is 5.97 Å². The summed E-state index contributed by atoms with van der Waals surface area (Å²) in [6.07, 6.45) is 0. The Bertz CT molecular complexity index is 265. The van der Waals surface area contributed by atoms with Crippen LogP contribution < -0.4 is 0 Å².